The van der Waals surface area contributed by atoms with Crippen LogP contribution in [0.3, 0.4) is 0 Å². The fraction of sp³-hybridized carbons (Fsp3) is 0.318. The van der Waals surface area contributed by atoms with Crippen LogP contribution in [0.4, 0.5) is 5.69 Å². The third kappa shape index (κ3) is 3.68. The van der Waals surface area contributed by atoms with Gasteiger partial charge in [0.2, 0.25) is 11.8 Å². The number of hydrogen-bond acceptors (Lipinski definition) is 5. The van der Waals surface area contributed by atoms with Gasteiger partial charge in [0, 0.05) is 31.7 Å². The molecule has 4 rings (SSSR count). The molecule has 2 aliphatic rings. The number of methoxy groups -OCH3 is 1. The molecule has 0 bridgehead atoms. The second kappa shape index (κ2) is 7.95. The zero-order valence-corrected chi connectivity index (χ0v) is 16.3. The second-order valence-corrected chi connectivity index (χ2v) is 7.16. The van der Waals surface area contributed by atoms with Gasteiger partial charge in [0.05, 0.1) is 19.2 Å². The summed E-state index contributed by atoms with van der Waals surface area (Å²) in [7, 11) is 1.64. The maximum atomic E-state index is 12.8. The third-order valence-corrected chi connectivity index (χ3v) is 5.49. The Morgan fingerprint density at radius 1 is 0.966 bits per heavy atom. The summed E-state index contributed by atoms with van der Waals surface area (Å²) in [4.78, 5) is 42.8. The Labute approximate surface area is 169 Å². The van der Waals surface area contributed by atoms with Gasteiger partial charge in [0.1, 0.15) is 12.3 Å². The van der Waals surface area contributed by atoms with Crippen molar-refractivity contribution in [1.29, 1.82) is 0 Å². The predicted molar refractivity (Wildman–Crippen MR) is 108 cm³/mol. The first-order valence-corrected chi connectivity index (χ1v) is 9.67. The lowest BCUT2D eigenvalue weighted by Crippen LogP contribution is -2.53. The molecule has 0 aromatic heterocycles. The first-order chi connectivity index (χ1) is 14.1. The molecule has 7 nitrogen and oxygen atoms in total. The lowest BCUT2D eigenvalue weighted by atomic mass is 9.98. The van der Waals surface area contributed by atoms with Gasteiger partial charge in [-0.1, -0.05) is 30.3 Å². The van der Waals surface area contributed by atoms with E-state index in [9.17, 15) is 14.4 Å². The van der Waals surface area contributed by atoms with Gasteiger partial charge in [-0.05, 0) is 23.8 Å². The summed E-state index contributed by atoms with van der Waals surface area (Å²) in [6, 6.07) is 14.9. The highest BCUT2D eigenvalue weighted by Crippen LogP contribution is 2.28. The van der Waals surface area contributed by atoms with Gasteiger partial charge in [0.25, 0.3) is 5.91 Å². The Hall–Kier alpha value is -3.35. The molecule has 2 heterocycles. The van der Waals surface area contributed by atoms with E-state index in [1.807, 2.05) is 24.3 Å². The molecule has 0 saturated carbocycles. The maximum absolute atomic E-state index is 12.8. The van der Waals surface area contributed by atoms with Crippen LogP contribution in [0.1, 0.15) is 15.9 Å². The van der Waals surface area contributed by atoms with E-state index in [1.54, 1.807) is 36.3 Å². The zero-order chi connectivity index (χ0) is 20.4. The van der Waals surface area contributed by atoms with Crippen LogP contribution >= 0.6 is 0 Å². The average molecular weight is 393 g/mol. The molecular formula is C22H23N3O4. The Balaban J connectivity index is 1.39. The molecular weight excluding hydrogens is 370 g/mol. The molecule has 0 radical (unpaired) electrons. The smallest absolute Gasteiger partial charge is 0.261 e. The quantitative estimate of drug-likeness (QED) is 0.738. The van der Waals surface area contributed by atoms with E-state index in [0.717, 1.165) is 21.9 Å². The van der Waals surface area contributed by atoms with Crippen molar-refractivity contribution in [2.24, 2.45) is 0 Å². The van der Waals surface area contributed by atoms with Gasteiger partial charge in [-0.3, -0.25) is 19.3 Å². The standard InChI is InChI=1S/C22H23N3O4/c1-29-19-9-5-4-8-18(19)23-10-12-24(13-11-23)21(27)15-25-20(26)14-16-6-2-3-7-17(16)22(25)28/h2-9H,10-15H2,1H3. The van der Waals surface area contributed by atoms with Crippen molar-refractivity contribution in [1.82, 2.24) is 9.80 Å². The molecule has 2 aliphatic heterocycles. The molecule has 2 aromatic rings. The first-order valence-electron chi connectivity index (χ1n) is 9.67. The van der Waals surface area contributed by atoms with Crippen LogP contribution in [-0.4, -0.2) is 67.4 Å². The van der Waals surface area contributed by atoms with Gasteiger partial charge in [-0.25, -0.2) is 0 Å². The summed E-state index contributed by atoms with van der Waals surface area (Å²) in [5, 5.41) is 0. The molecule has 29 heavy (non-hydrogen) atoms. The van der Waals surface area contributed by atoms with Crippen LogP contribution in [0.5, 0.6) is 5.75 Å². The van der Waals surface area contributed by atoms with Crippen LogP contribution in [0.2, 0.25) is 0 Å². The van der Waals surface area contributed by atoms with Crippen LogP contribution in [-0.2, 0) is 16.0 Å². The molecule has 2 aromatic carbocycles. The summed E-state index contributed by atoms with van der Waals surface area (Å²) in [5.74, 6) is -0.117. The predicted octanol–water partition coefficient (Wildman–Crippen LogP) is 1.57. The fourth-order valence-electron chi connectivity index (χ4n) is 3.88. The summed E-state index contributed by atoms with van der Waals surface area (Å²) >= 11 is 0. The normalized spacial score (nSPS) is 16.7. The minimum absolute atomic E-state index is 0.150. The van der Waals surface area contributed by atoms with E-state index in [0.29, 0.717) is 31.7 Å². The molecule has 3 amide bonds. The van der Waals surface area contributed by atoms with Crippen molar-refractivity contribution in [2.75, 3.05) is 44.7 Å². The molecule has 7 heteroatoms. The number of rotatable bonds is 4. The molecule has 0 aliphatic carbocycles. The van der Waals surface area contributed by atoms with E-state index in [2.05, 4.69) is 4.90 Å². The number of hydrogen-bond donors (Lipinski definition) is 0. The average Bonchev–Trinajstić information content (AvgIpc) is 2.76. The van der Waals surface area contributed by atoms with E-state index in [-0.39, 0.29) is 24.8 Å². The van der Waals surface area contributed by atoms with Crippen molar-refractivity contribution in [2.45, 2.75) is 6.42 Å². The highest BCUT2D eigenvalue weighted by atomic mass is 16.5. The topological polar surface area (TPSA) is 70.2 Å². The van der Waals surface area contributed by atoms with Crippen molar-refractivity contribution in [3.05, 3.63) is 59.7 Å². The molecule has 1 fully saturated rings. The number of amides is 3. The lowest BCUT2D eigenvalue weighted by Gasteiger charge is -2.37. The summed E-state index contributed by atoms with van der Waals surface area (Å²) in [5.41, 5.74) is 2.22. The maximum Gasteiger partial charge on any atom is 0.261 e. The number of carbonyl (C=O) groups is 3. The van der Waals surface area contributed by atoms with Crippen molar-refractivity contribution < 1.29 is 19.1 Å². The number of carbonyl (C=O) groups excluding carboxylic acids is 3. The van der Waals surface area contributed by atoms with Gasteiger partial charge >= 0.3 is 0 Å². The minimum Gasteiger partial charge on any atom is -0.495 e. The summed E-state index contributed by atoms with van der Waals surface area (Å²) < 4.78 is 5.42. The Morgan fingerprint density at radius 3 is 2.41 bits per heavy atom. The van der Waals surface area contributed by atoms with Crippen molar-refractivity contribution in [3.63, 3.8) is 0 Å². The number of piperazine rings is 1. The molecule has 1 saturated heterocycles. The minimum atomic E-state index is -0.391. The van der Waals surface area contributed by atoms with Crippen molar-refractivity contribution in [3.8, 4) is 5.75 Å². The van der Waals surface area contributed by atoms with Crippen LogP contribution < -0.4 is 9.64 Å². The number of anilines is 1. The van der Waals surface area contributed by atoms with Gasteiger partial charge < -0.3 is 14.5 Å². The summed E-state index contributed by atoms with van der Waals surface area (Å²) in [6.45, 7) is 2.18. The third-order valence-electron chi connectivity index (χ3n) is 5.49. The summed E-state index contributed by atoms with van der Waals surface area (Å²) in [6.07, 6.45) is 0.150. The van der Waals surface area contributed by atoms with Crippen LogP contribution in [0.25, 0.3) is 0 Å². The molecule has 150 valence electrons. The van der Waals surface area contributed by atoms with E-state index in [4.69, 9.17) is 4.74 Å². The Bertz CT molecular complexity index is 951. The van der Waals surface area contributed by atoms with E-state index >= 15 is 0 Å². The fourth-order valence-corrected chi connectivity index (χ4v) is 3.88. The monoisotopic (exact) mass is 393 g/mol. The van der Waals surface area contributed by atoms with Gasteiger partial charge in [0.15, 0.2) is 0 Å². The molecule has 0 atom stereocenters. The highest BCUT2D eigenvalue weighted by Gasteiger charge is 2.33. The Morgan fingerprint density at radius 2 is 1.66 bits per heavy atom. The number of benzene rings is 2. The lowest BCUT2D eigenvalue weighted by molar-refractivity contribution is -0.138. The van der Waals surface area contributed by atoms with Crippen molar-refractivity contribution >= 4 is 23.4 Å². The van der Waals surface area contributed by atoms with Crippen LogP contribution in [0.15, 0.2) is 48.5 Å². The first kappa shape index (κ1) is 19.0. The zero-order valence-electron chi connectivity index (χ0n) is 16.3. The number of nitrogens with zero attached hydrogens (tertiary/aromatic N) is 3. The number of para-hydroxylation sites is 2. The molecule has 0 unspecified atom stereocenters. The highest BCUT2D eigenvalue weighted by molar-refractivity contribution is 6.11. The number of ether oxygens (including phenoxy) is 1. The van der Waals surface area contributed by atoms with Gasteiger partial charge in [-0.15, -0.1) is 0 Å². The van der Waals surface area contributed by atoms with E-state index < -0.39 is 5.91 Å². The molecule has 0 N–H and O–H groups in total. The SMILES string of the molecule is COc1ccccc1N1CCN(C(=O)CN2C(=O)Cc3ccccc3C2=O)CC1. The van der Waals surface area contributed by atoms with Gasteiger partial charge in [-0.2, -0.15) is 0 Å². The van der Waals surface area contributed by atoms with Crippen LogP contribution in [0, 0.1) is 0 Å². The number of fused-ring (bicyclic) bond motifs is 1. The largest absolute Gasteiger partial charge is 0.495 e. The second-order valence-electron chi connectivity index (χ2n) is 7.16. The Kier molecular flexibility index (Phi) is 5.20. The van der Waals surface area contributed by atoms with E-state index in [1.165, 1.54) is 0 Å². The number of imide groups is 1. The molecule has 0 spiro atoms.